The van der Waals surface area contributed by atoms with Gasteiger partial charge in [-0.2, -0.15) is 0 Å². The number of rotatable bonds is 5. The molecular weight excluding hydrogens is 228 g/mol. The zero-order chi connectivity index (χ0) is 13.0. The summed E-state index contributed by atoms with van der Waals surface area (Å²) in [5, 5.41) is 12.4. The van der Waals surface area contributed by atoms with Gasteiger partial charge in [-0.15, -0.1) is 6.58 Å². The molecule has 4 nitrogen and oxygen atoms in total. The number of nitrogens with one attached hydrogen (secondary N) is 1. The molecule has 0 amide bonds. The normalized spacial score (nSPS) is 18.8. The van der Waals surface area contributed by atoms with Gasteiger partial charge in [0.15, 0.2) is 0 Å². The Balaban J connectivity index is 2.15. The number of aliphatic hydroxyl groups excluding tert-OH is 1. The number of hydrogen-bond donors (Lipinski definition) is 2. The molecule has 1 saturated heterocycles. The average Bonchev–Trinajstić information content (AvgIpc) is 2.85. The molecule has 1 aromatic heterocycles. The number of furan rings is 1. The third-order valence-corrected chi connectivity index (χ3v) is 3.30. The molecule has 2 N–H and O–H groups in total. The third kappa shape index (κ3) is 3.22. The van der Waals surface area contributed by atoms with E-state index in [1.165, 1.54) is 0 Å². The minimum atomic E-state index is -0.0403. The summed E-state index contributed by atoms with van der Waals surface area (Å²) in [5.41, 5.74) is 1.15. The minimum Gasteiger partial charge on any atom is -0.462 e. The molecule has 2 heterocycles. The first-order valence-electron chi connectivity index (χ1n) is 6.49. The molecule has 0 aromatic carbocycles. The Kier molecular flexibility index (Phi) is 4.58. The predicted molar refractivity (Wildman–Crippen MR) is 71.2 cm³/mol. The molecule has 0 saturated carbocycles. The molecule has 0 spiro atoms. The lowest BCUT2D eigenvalue weighted by atomic mass is 10.0. The van der Waals surface area contributed by atoms with Gasteiger partial charge in [0.1, 0.15) is 18.1 Å². The second-order valence-corrected chi connectivity index (χ2v) is 4.93. The van der Waals surface area contributed by atoms with Gasteiger partial charge < -0.3 is 14.8 Å². The maximum atomic E-state index is 9.09. The van der Waals surface area contributed by atoms with Crippen LogP contribution < -0.4 is 5.32 Å². The van der Waals surface area contributed by atoms with Crippen LogP contribution in [0.25, 0.3) is 0 Å². The molecule has 1 fully saturated rings. The first kappa shape index (κ1) is 13.3. The van der Waals surface area contributed by atoms with Gasteiger partial charge >= 0.3 is 0 Å². The lowest BCUT2D eigenvalue weighted by Gasteiger charge is -2.34. The lowest BCUT2D eigenvalue weighted by Crippen LogP contribution is -2.45. The van der Waals surface area contributed by atoms with E-state index in [9.17, 15) is 0 Å². The maximum Gasteiger partial charge on any atom is 0.129 e. The molecule has 4 heteroatoms. The van der Waals surface area contributed by atoms with Crippen molar-refractivity contribution < 1.29 is 9.52 Å². The van der Waals surface area contributed by atoms with E-state index in [4.69, 9.17) is 9.52 Å². The van der Waals surface area contributed by atoms with E-state index in [1.54, 1.807) is 0 Å². The molecule has 2 rings (SSSR count). The van der Waals surface area contributed by atoms with E-state index in [1.807, 2.05) is 19.1 Å². The standard InChI is InChI=1S/C14H22N2O2/c1-11(2)9-13(16-7-5-15-6-8-16)14-4-3-12(10-17)18-14/h3-4,13,15,17H,1,5-10H2,2H3/t13-/m0/s1. The molecule has 0 aliphatic carbocycles. The predicted octanol–water partition coefficient (Wildman–Crippen LogP) is 1.68. The summed E-state index contributed by atoms with van der Waals surface area (Å²) in [6.07, 6.45) is 0.901. The van der Waals surface area contributed by atoms with Crippen LogP contribution in [0.2, 0.25) is 0 Å². The Hall–Kier alpha value is -1.10. The fourth-order valence-electron chi connectivity index (χ4n) is 2.39. The van der Waals surface area contributed by atoms with Crippen molar-refractivity contribution in [2.75, 3.05) is 26.2 Å². The fraction of sp³-hybridized carbons (Fsp3) is 0.571. The zero-order valence-corrected chi connectivity index (χ0v) is 11.0. The van der Waals surface area contributed by atoms with Crippen LogP contribution in [-0.4, -0.2) is 36.2 Å². The van der Waals surface area contributed by atoms with Crippen molar-refractivity contribution in [1.29, 1.82) is 0 Å². The molecule has 1 aliphatic rings. The van der Waals surface area contributed by atoms with Gasteiger partial charge in [0, 0.05) is 26.2 Å². The molecule has 1 atom stereocenters. The van der Waals surface area contributed by atoms with Crippen LogP contribution in [0.5, 0.6) is 0 Å². The summed E-state index contributed by atoms with van der Waals surface area (Å²) in [6, 6.07) is 4.06. The van der Waals surface area contributed by atoms with Gasteiger partial charge in [0.25, 0.3) is 0 Å². The van der Waals surface area contributed by atoms with Crippen molar-refractivity contribution in [3.8, 4) is 0 Å². The Morgan fingerprint density at radius 2 is 2.22 bits per heavy atom. The highest BCUT2D eigenvalue weighted by Gasteiger charge is 2.24. The molecule has 1 aromatic rings. The van der Waals surface area contributed by atoms with Crippen LogP contribution in [0.15, 0.2) is 28.7 Å². The smallest absolute Gasteiger partial charge is 0.129 e. The van der Waals surface area contributed by atoms with Gasteiger partial charge in [-0.05, 0) is 25.5 Å². The van der Waals surface area contributed by atoms with Crippen LogP contribution in [-0.2, 0) is 6.61 Å². The Morgan fingerprint density at radius 1 is 1.50 bits per heavy atom. The topological polar surface area (TPSA) is 48.6 Å². The second-order valence-electron chi connectivity index (χ2n) is 4.93. The molecule has 100 valence electrons. The summed E-state index contributed by atoms with van der Waals surface area (Å²) in [4.78, 5) is 2.42. The number of hydrogen-bond acceptors (Lipinski definition) is 4. The van der Waals surface area contributed by atoms with E-state index in [0.29, 0.717) is 5.76 Å². The number of piperazine rings is 1. The lowest BCUT2D eigenvalue weighted by molar-refractivity contribution is 0.148. The van der Waals surface area contributed by atoms with Crippen molar-refractivity contribution >= 4 is 0 Å². The van der Waals surface area contributed by atoms with Crippen molar-refractivity contribution in [3.63, 3.8) is 0 Å². The molecule has 1 aliphatic heterocycles. The zero-order valence-electron chi connectivity index (χ0n) is 11.0. The van der Waals surface area contributed by atoms with Crippen molar-refractivity contribution in [1.82, 2.24) is 10.2 Å². The maximum absolute atomic E-state index is 9.09. The molecular formula is C14H22N2O2. The summed E-state index contributed by atoms with van der Waals surface area (Å²) in [5.74, 6) is 1.57. The Bertz CT molecular complexity index is 394. The number of nitrogens with zero attached hydrogens (tertiary/aromatic N) is 1. The van der Waals surface area contributed by atoms with Crippen LogP contribution in [0, 0.1) is 0 Å². The average molecular weight is 250 g/mol. The van der Waals surface area contributed by atoms with E-state index < -0.39 is 0 Å². The summed E-state index contributed by atoms with van der Waals surface area (Å²) in [7, 11) is 0. The van der Waals surface area contributed by atoms with E-state index >= 15 is 0 Å². The van der Waals surface area contributed by atoms with Crippen LogP contribution in [0.3, 0.4) is 0 Å². The summed E-state index contributed by atoms with van der Waals surface area (Å²) in [6.45, 7) is 10.1. The molecule has 18 heavy (non-hydrogen) atoms. The van der Waals surface area contributed by atoms with Crippen LogP contribution in [0.1, 0.15) is 30.9 Å². The van der Waals surface area contributed by atoms with E-state index in [0.717, 1.165) is 43.9 Å². The van der Waals surface area contributed by atoms with Crippen molar-refractivity contribution in [3.05, 3.63) is 35.8 Å². The first-order chi connectivity index (χ1) is 8.70. The number of aliphatic hydroxyl groups is 1. The second kappa shape index (κ2) is 6.18. The van der Waals surface area contributed by atoms with Gasteiger partial charge in [0.05, 0.1) is 6.04 Å². The highest BCUT2D eigenvalue weighted by Crippen LogP contribution is 2.29. The molecule has 0 unspecified atom stereocenters. The molecule has 0 bridgehead atoms. The van der Waals surface area contributed by atoms with Crippen molar-refractivity contribution in [2.45, 2.75) is 26.0 Å². The fourth-order valence-corrected chi connectivity index (χ4v) is 2.39. The van der Waals surface area contributed by atoms with Gasteiger partial charge in [-0.3, -0.25) is 4.90 Å². The van der Waals surface area contributed by atoms with E-state index in [-0.39, 0.29) is 12.6 Å². The van der Waals surface area contributed by atoms with Crippen LogP contribution >= 0.6 is 0 Å². The SMILES string of the molecule is C=C(C)C[C@@H](c1ccc(CO)o1)N1CCNCC1. The first-order valence-corrected chi connectivity index (χ1v) is 6.49. The highest BCUT2D eigenvalue weighted by molar-refractivity contribution is 5.13. The van der Waals surface area contributed by atoms with Crippen LogP contribution in [0.4, 0.5) is 0 Å². The third-order valence-electron chi connectivity index (χ3n) is 3.30. The quantitative estimate of drug-likeness (QED) is 0.781. The van der Waals surface area contributed by atoms with Gasteiger partial charge in [-0.25, -0.2) is 0 Å². The minimum absolute atomic E-state index is 0.0403. The van der Waals surface area contributed by atoms with Gasteiger partial charge in [-0.1, -0.05) is 5.57 Å². The summed E-state index contributed by atoms with van der Waals surface area (Å²) < 4.78 is 5.70. The monoisotopic (exact) mass is 250 g/mol. The molecule has 0 radical (unpaired) electrons. The highest BCUT2D eigenvalue weighted by atomic mass is 16.4. The summed E-state index contributed by atoms with van der Waals surface area (Å²) >= 11 is 0. The Morgan fingerprint density at radius 3 is 2.78 bits per heavy atom. The van der Waals surface area contributed by atoms with Crippen molar-refractivity contribution in [2.24, 2.45) is 0 Å². The largest absolute Gasteiger partial charge is 0.462 e. The Labute approximate surface area is 108 Å². The van der Waals surface area contributed by atoms with E-state index in [2.05, 4.69) is 16.8 Å². The van der Waals surface area contributed by atoms with Gasteiger partial charge in [0.2, 0.25) is 0 Å².